The molecular weight excluding hydrogens is 399 g/mol. The van der Waals surface area contributed by atoms with Gasteiger partial charge in [-0.2, -0.15) is 0 Å². The zero-order chi connectivity index (χ0) is 20.6. The molecule has 1 aliphatic heterocycles. The van der Waals surface area contributed by atoms with Gasteiger partial charge in [0.2, 0.25) is 5.91 Å². The molecule has 9 heteroatoms. The minimum absolute atomic E-state index is 0.230. The fourth-order valence-corrected chi connectivity index (χ4v) is 3.82. The fraction of sp³-hybridized carbons (Fsp3) is 0.350. The number of methoxy groups -OCH3 is 1. The summed E-state index contributed by atoms with van der Waals surface area (Å²) < 4.78 is 19.5. The fourth-order valence-electron chi connectivity index (χ4n) is 3.65. The van der Waals surface area contributed by atoms with Gasteiger partial charge in [0.15, 0.2) is 0 Å². The summed E-state index contributed by atoms with van der Waals surface area (Å²) in [6, 6.07) is 8.31. The lowest BCUT2D eigenvalue weighted by molar-refractivity contribution is -0.120. The van der Waals surface area contributed by atoms with Crippen LogP contribution >= 0.6 is 11.6 Å². The number of hydrogen-bond donors (Lipinski definition) is 3. The topological polar surface area (TPSA) is 92.4 Å². The third-order valence-corrected chi connectivity index (χ3v) is 5.59. The van der Waals surface area contributed by atoms with Crippen LogP contribution in [0.2, 0.25) is 5.15 Å². The van der Waals surface area contributed by atoms with Gasteiger partial charge in [-0.3, -0.25) is 4.79 Å². The van der Waals surface area contributed by atoms with Crippen molar-refractivity contribution in [3.05, 3.63) is 58.6 Å². The molecule has 7 nitrogen and oxygen atoms in total. The Hall–Kier alpha value is -2.87. The maximum atomic E-state index is 14.5. The number of benzene rings is 1. The maximum absolute atomic E-state index is 14.5. The van der Waals surface area contributed by atoms with Gasteiger partial charge < -0.3 is 20.7 Å². The van der Waals surface area contributed by atoms with Crippen LogP contribution in [-0.4, -0.2) is 36.6 Å². The molecule has 152 valence electrons. The molecular formula is C20H20ClFN4O3. The van der Waals surface area contributed by atoms with Crippen molar-refractivity contribution in [1.29, 1.82) is 0 Å². The van der Waals surface area contributed by atoms with Crippen LogP contribution in [0.25, 0.3) is 0 Å². The van der Waals surface area contributed by atoms with Gasteiger partial charge >= 0.3 is 6.03 Å². The molecule has 1 aromatic carbocycles. The van der Waals surface area contributed by atoms with Crippen molar-refractivity contribution in [1.82, 2.24) is 20.9 Å². The van der Waals surface area contributed by atoms with E-state index in [0.29, 0.717) is 22.2 Å². The minimum Gasteiger partial charge on any atom is -0.497 e. The highest BCUT2D eigenvalue weighted by Crippen LogP contribution is 2.44. The minimum atomic E-state index is -0.888. The van der Waals surface area contributed by atoms with Gasteiger partial charge in [0.25, 0.3) is 0 Å². The van der Waals surface area contributed by atoms with Crippen molar-refractivity contribution < 1.29 is 18.7 Å². The summed E-state index contributed by atoms with van der Waals surface area (Å²) in [6.07, 6.45) is 1.45. The molecule has 2 aromatic rings. The number of amides is 3. The molecule has 2 heterocycles. The highest BCUT2D eigenvalue weighted by atomic mass is 35.5. The first-order chi connectivity index (χ1) is 13.9. The van der Waals surface area contributed by atoms with E-state index in [2.05, 4.69) is 20.9 Å². The Bertz CT molecular complexity index is 966. The Labute approximate surface area is 172 Å². The lowest BCUT2D eigenvalue weighted by Crippen LogP contribution is -2.50. The van der Waals surface area contributed by atoms with Gasteiger partial charge in [-0.25, -0.2) is 14.2 Å². The average Bonchev–Trinajstić information content (AvgIpc) is 3.40. The molecule has 2 atom stereocenters. The highest BCUT2D eigenvalue weighted by Gasteiger charge is 2.48. The summed E-state index contributed by atoms with van der Waals surface area (Å²) in [5, 5.41) is 8.63. The van der Waals surface area contributed by atoms with E-state index in [0.717, 1.165) is 12.8 Å². The smallest absolute Gasteiger partial charge is 0.316 e. The van der Waals surface area contributed by atoms with Gasteiger partial charge in [-0.05, 0) is 36.6 Å². The normalized spacial score (nSPS) is 22.0. The summed E-state index contributed by atoms with van der Waals surface area (Å²) >= 11 is 5.96. The largest absolute Gasteiger partial charge is 0.497 e. The van der Waals surface area contributed by atoms with Crippen molar-refractivity contribution in [3.8, 4) is 5.75 Å². The van der Waals surface area contributed by atoms with Crippen LogP contribution in [0.5, 0.6) is 5.75 Å². The SMILES string of the molecule is COc1ccc([C@@H]2CNC(=O)[C@H]2NC(=O)NC2(c3cccc(Cl)n3)CC2)c(F)c1. The summed E-state index contributed by atoms with van der Waals surface area (Å²) in [5.74, 6) is -0.986. The molecule has 2 aliphatic rings. The van der Waals surface area contributed by atoms with Crippen molar-refractivity contribution in [2.45, 2.75) is 30.3 Å². The van der Waals surface area contributed by atoms with E-state index in [4.69, 9.17) is 16.3 Å². The second-order valence-corrected chi connectivity index (χ2v) is 7.63. The Morgan fingerprint density at radius 3 is 2.79 bits per heavy atom. The van der Waals surface area contributed by atoms with E-state index in [9.17, 15) is 14.0 Å². The van der Waals surface area contributed by atoms with Crippen LogP contribution in [-0.2, 0) is 10.3 Å². The Morgan fingerprint density at radius 2 is 2.14 bits per heavy atom. The summed E-state index contributed by atoms with van der Waals surface area (Å²) in [6.45, 7) is 0.230. The van der Waals surface area contributed by atoms with Crippen LogP contribution in [0.4, 0.5) is 9.18 Å². The zero-order valence-corrected chi connectivity index (χ0v) is 16.4. The predicted octanol–water partition coefficient (Wildman–Crippen LogP) is 2.45. The van der Waals surface area contributed by atoms with E-state index in [-0.39, 0.29) is 12.5 Å². The number of halogens is 2. The van der Waals surface area contributed by atoms with Crippen LogP contribution in [0.15, 0.2) is 36.4 Å². The van der Waals surface area contributed by atoms with Crippen LogP contribution < -0.4 is 20.7 Å². The monoisotopic (exact) mass is 418 g/mol. The molecule has 0 spiro atoms. The van der Waals surface area contributed by atoms with E-state index in [1.807, 2.05) is 0 Å². The Kier molecular flexibility index (Phi) is 5.04. The van der Waals surface area contributed by atoms with Gasteiger partial charge in [0, 0.05) is 18.5 Å². The summed E-state index contributed by atoms with van der Waals surface area (Å²) in [5.41, 5.74) is 0.422. The Balaban J connectivity index is 1.49. The number of nitrogens with one attached hydrogen (secondary N) is 3. The Morgan fingerprint density at radius 1 is 1.34 bits per heavy atom. The number of urea groups is 1. The predicted molar refractivity (Wildman–Crippen MR) is 104 cm³/mol. The number of rotatable bonds is 5. The van der Waals surface area contributed by atoms with Gasteiger partial charge in [-0.15, -0.1) is 0 Å². The molecule has 3 N–H and O–H groups in total. The third-order valence-electron chi connectivity index (χ3n) is 5.38. The van der Waals surface area contributed by atoms with E-state index < -0.39 is 29.3 Å². The average molecular weight is 419 g/mol. The summed E-state index contributed by atoms with van der Waals surface area (Å²) in [4.78, 5) is 29.2. The van der Waals surface area contributed by atoms with Crippen molar-refractivity contribution in [2.75, 3.05) is 13.7 Å². The molecule has 29 heavy (non-hydrogen) atoms. The van der Waals surface area contributed by atoms with Gasteiger partial charge in [0.05, 0.1) is 18.3 Å². The number of hydrogen-bond acceptors (Lipinski definition) is 4. The first-order valence-electron chi connectivity index (χ1n) is 9.25. The van der Waals surface area contributed by atoms with Crippen molar-refractivity contribution >= 4 is 23.5 Å². The highest BCUT2D eigenvalue weighted by molar-refractivity contribution is 6.29. The second kappa shape index (κ2) is 7.51. The lowest BCUT2D eigenvalue weighted by Gasteiger charge is -2.22. The first kappa shape index (κ1) is 19.4. The van der Waals surface area contributed by atoms with Gasteiger partial charge in [0.1, 0.15) is 22.8 Å². The second-order valence-electron chi connectivity index (χ2n) is 7.24. The lowest BCUT2D eigenvalue weighted by atomic mass is 9.93. The van der Waals surface area contributed by atoms with Crippen LogP contribution in [0.3, 0.4) is 0 Å². The molecule has 0 radical (unpaired) electrons. The summed E-state index contributed by atoms with van der Waals surface area (Å²) in [7, 11) is 1.45. The number of nitrogens with zero attached hydrogens (tertiary/aromatic N) is 1. The third kappa shape index (κ3) is 3.85. The van der Waals surface area contributed by atoms with Crippen molar-refractivity contribution in [2.24, 2.45) is 0 Å². The number of carbonyl (C=O) groups excluding carboxylic acids is 2. The molecule has 4 rings (SSSR count). The van der Waals surface area contributed by atoms with Crippen LogP contribution in [0, 0.1) is 5.82 Å². The van der Waals surface area contributed by atoms with Gasteiger partial charge in [-0.1, -0.05) is 23.7 Å². The number of pyridine rings is 1. The van der Waals surface area contributed by atoms with Crippen molar-refractivity contribution in [3.63, 3.8) is 0 Å². The molecule has 1 saturated heterocycles. The number of ether oxygens (including phenoxy) is 1. The molecule has 1 aromatic heterocycles. The van der Waals surface area contributed by atoms with E-state index in [1.54, 1.807) is 30.3 Å². The molecule has 3 amide bonds. The first-order valence-corrected chi connectivity index (χ1v) is 9.62. The molecule has 1 aliphatic carbocycles. The zero-order valence-electron chi connectivity index (χ0n) is 15.7. The maximum Gasteiger partial charge on any atom is 0.316 e. The van der Waals surface area contributed by atoms with Crippen LogP contribution in [0.1, 0.15) is 30.0 Å². The number of carbonyl (C=O) groups is 2. The standard InChI is InChI=1S/C20H20ClFN4O3/c1-29-11-5-6-12(14(22)9-11)13-10-23-18(27)17(13)25-19(28)26-20(7-8-20)15-3-2-4-16(21)24-15/h2-6,9,13,17H,7-8,10H2,1H3,(H,23,27)(H2,25,26,28)/t13-,17-/m0/s1. The molecule has 0 unspecified atom stereocenters. The molecule has 1 saturated carbocycles. The number of aromatic nitrogens is 1. The molecule has 2 fully saturated rings. The van der Waals surface area contributed by atoms with E-state index in [1.165, 1.54) is 13.2 Å². The molecule has 0 bridgehead atoms. The quantitative estimate of drug-likeness (QED) is 0.650. The van der Waals surface area contributed by atoms with E-state index >= 15 is 0 Å².